The van der Waals surface area contributed by atoms with E-state index < -0.39 is 0 Å². The number of pyridine rings is 1. The average molecular weight is 217 g/mol. The van der Waals surface area contributed by atoms with Crippen molar-refractivity contribution in [3.8, 4) is 6.07 Å². The standard InChI is InChI=1S/C12H15N3O/c13-7-11-6-10(4-5-14-11)15-12-3-1-2-9(12)8-16/h4-6,9,12,16H,1-3,8H2,(H,14,15). The first-order chi connectivity index (χ1) is 7.83. The van der Waals surface area contributed by atoms with Crippen molar-refractivity contribution in [2.75, 3.05) is 11.9 Å². The monoisotopic (exact) mass is 217 g/mol. The zero-order valence-corrected chi connectivity index (χ0v) is 9.06. The second-order valence-corrected chi connectivity index (χ2v) is 4.17. The maximum atomic E-state index is 9.21. The summed E-state index contributed by atoms with van der Waals surface area (Å²) in [5.74, 6) is 0.332. The zero-order valence-electron chi connectivity index (χ0n) is 9.06. The van der Waals surface area contributed by atoms with Crippen molar-refractivity contribution in [3.63, 3.8) is 0 Å². The highest BCUT2D eigenvalue weighted by molar-refractivity contribution is 5.46. The Kier molecular flexibility index (Phi) is 3.37. The van der Waals surface area contributed by atoms with Crippen LogP contribution in [0.2, 0.25) is 0 Å². The number of aliphatic hydroxyl groups is 1. The lowest BCUT2D eigenvalue weighted by atomic mass is 10.0. The van der Waals surface area contributed by atoms with Crippen LogP contribution in [0.15, 0.2) is 18.3 Å². The lowest BCUT2D eigenvalue weighted by Gasteiger charge is -2.20. The summed E-state index contributed by atoms with van der Waals surface area (Å²) in [6.07, 6.45) is 4.93. The van der Waals surface area contributed by atoms with Crippen molar-refractivity contribution in [2.24, 2.45) is 5.92 Å². The fraction of sp³-hybridized carbons (Fsp3) is 0.500. The molecule has 1 aliphatic rings. The van der Waals surface area contributed by atoms with Gasteiger partial charge in [-0.2, -0.15) is 5.26 Å². The Bertz CT molecular complexity index is 399. The van der Waals surface area contributed by atoms with E-state index in [1.165, 1.54) is 0 Å². The van der Waals surface area contributed by atoms with Crippen molar-refractivity contribution in [2.45, 2.75) is 25.3 Å². The van der Waals surface area contributed by atoms with Crippen LogP contribution in [-0.4, -0.2) is 22.7 Å². The average Bonchev–Trinajstić information content (AvgIpc) is 2.76. The molecule has 0 spiro atoms. The normalized spacial score (nSPS) is 24.0. The molecule has 1 aromatic rings. The molecule has 1 aliphatic carbocycles. The van der Waals surface area contributed by atoms with Gasteiger partial charge in [-0.15, -0.1) is 0 Å². The summed E-state index contributed by atoms with van der Waals surface area (Å²) in [7, 11) is 0. The first-order valence-corrected chi connectivity index (χ1v) is 5.57. The first kappa shape index (κ1) is 10.9. The van der Waals surface area contributed by atoms with Crippen LogP contribution in [0.1, 0.15) is 25.0 Å². The molecule has 0 aromatic carbocycles. The summed E-state index contributed by atoms with van der Waals surface area (Å²) in [6.45, 7) is 0.230. The Morgan fingerprint density at radius 3 is 3.19 bits per heavy atom. The highest BCUT2D eigenvalue weighted by Crippen LogP contribution is 2.28. The van der Waals surface area contributed by atoms with Crippen molar-refractivity contribution in [3.05, 3.63) is 24.0 Å². The van der Waals surface area contributed by atoms with Gasteiger partial charge in [0.2, 0.25) is 0 Å². The SMILES string of the molecule is N#Cc1cc(NC2CCCC2CO)ccn1. The Morgan fingerprint density at radius 2 is 2.44 bits per heavy atom. The molecule has 84 valence electrons. The highest BCUT2D eigenvalue weighted by atomic mass is 16.3. The quantitative estimate of drug-likeness (QED) is 0.805. The van der Waals surface area contributed by atoms with Gasteiger partial charge in [0.1, 0.15) is 11.8 Å². The number of nitrogens with zero attached hydrogens (tertiary/aromatic N) is 2. The number of hydrogen-bond donors (Lipinski definition) is 2. The Balaban J connectivity index is 2.06. The minimum atomic E-state index is 0.230. The van der Waals surface area contributed by atoms with Crippen molar-refractivity contribution in [1.29, 1.82) is 5.26 Å². The fourth-order valence-electron chi connectivity index (χ4n) is 2.24. The van der Waals surface area contributed by atoms with Crippen LogP contribution < -0.4 is 5.32 Å². The summed E-state index contributed by atoms with van der Waals surface area (Å²) in [5, 5.41) is 21.3. The number of anilines is 1. The van der Waals surface area contributed by atoms with Gasteiger partial charge in [-0.05, 0) is 25.0 Å². The number of rotatable bonds is 3. The summed E-state index contributed by atoms with van der Waals surface area (Å²) in [5.41, 5.74) is 1.33. The molecule has 1 saturated carbocycles. The van der Waals surface area contributed by atoms with E-state index in [2.05, 4.69) is 10.3 Å². The number of aliphatic hydroxyl groups excluding tert-OH is 1. The zero-order chi connectivity index (χ0) is 11.4. The maximum absolute atomic E-state index is 9.21. The van der Waals surface area contributed by atoms with Gasteiger partial charge in [-0.3, -0.25) is 0 Å². The molecule has 2 unspecified atom stereocenters. The van der Waals surface area contributed by atoms with E-state index in [1.54, 1.807) is 12.3 Å². The lowest BCUT2D eigenvalue weighted by Crippen LogP contribution is -2.26. The predicted octanol–water partition coefficient (Wildman–Crippen LogP) is 1.53. The fourth-order valence-corrected chi connectivity index (χ4v) is 2.24. The van der Waals surface area contributed by atoms with Crippen LogP contribution >= 0.6 is 0 Å². The molecule has 4 nitrogen and oxygen atoms in total. The van der Waals surface area contributed by atoms with E-state index in [-0.39, 0.29) is 6.61 Å². The minimum absolute atomic E-state index is 0.230. The number of nitrogens with one attached hydrogen (secondary N) is 1. The minimum Gasteiger partial charge on any atom is -0.396 e. The predicted molar refractivity (Wildman–Crippen MR) is 60.8 cm³/mol. The molecule has 0 radical (unpaired) electrons. The molecular weight excluding hydrogens is 202 g/mol. The molecule has 0 amide bonds. The van der Waals surface area contributed by atoms with Gasteiger partial charge in [-0.1, -0.05) is 6.42 Å². The van der Waals surface area contributed by atoms with Gasteiger partial charge in [-0.25, -0.2) is 4.98 Å². The van der Waals surface area contributed by atoms with Crippen LogP contribution in [0.4, 0.5) is 5.69 Å². The summed E-state index contributed by atoms with van der Waals surface area (Å²) >= 11 is 0. The third-order valence-corrected chi connectivity index (χ3v) is 3.12. The van der Waals surface area contributed by atoms with E-state index in [0.717, 1.165) is 24.9 Å². The topological polar surface area (TPSA) is 68.9 Å². The number of nitriles is 1. The Morgan fingerprint density at radius 1 is 1.56 bits per heavy atom. The Labute approximate surface area is 94.9 Å². The van der Waals surface area contributed by atoms with Gasteiger partial charge in [0.05, 0.1) is 0 Å². The molecule has 0 saturated heterocycles. The molecule has 2 N–H and O–H groups in total. The second-order valence-electron chi connectivity index (χ2n) is 4.17. The number of hydrogen-bond acceptors (Lipinski definition) is 4. The molecule has 1 heterocycles. The van der Waals surface area contributed by atoms with Crippen LogP contribution in [0.25, 0.3) is 0 Å². The van der Waals surface area contributed by atoms with Gasteiger partial charge in [0.25, 0.3) is 0 Å². The van der Waals surface area contributed by atoms with Crippen LogP contribution in [0, 0.1) is 17.2 Å². The Hall–Kier alpha value is -1.60. The highest BCUT2D eigenvalue weighted by Gasteiger charge is 2.26. The molecule has 2 atom stereocenters. The third kappa shape index (κ3) is 2.31. The summed E-state index contributed by atoms with van der Waals surface area (Å²) in [6, 6.07) is 5.93. The smallest absolute Gasteiger partial charge is 0.142 e. The molecule has 16 heavy (non-hydrogen) atoms. The molecule has 0 aliphatic heterocycles. The van der Waals surface area contributed by atoms with Gasteiger partial charge >= 0.3 is 0 Å². The molecule has 4 heteroatoms. The van der Waals surface area contributed by atoms with Gasteiger partial charge in [0.15, 0.2) is 0 Å². The molecule has 2 rings (SSSR count). The molecule has 1 fully saturated rings. The molecule has 1 aromatic heterocycles. The van der Waals surface area contributed by atoms with Crippen LogP contribution in [0.3, 0.4) is 0 Å². The number of aromatic nitrogens is 1. The third-order valence-electron chi connectivity index (χ3n) is 3.12. The van der Waals surface area contributed by atoms with E-state index in [9.17, 15) is 5.11 Å². The largest absolute Gasteiger partial charge is 0.396 e. The molecular formula is C12H15N3O. The van der Waals surface area contributed by atoms with E-state index >= 15 is 0 Å². The summed E-state index contributed by atoms with van der Waals surface area (Å²) in [4.78, 5) is 3.92. The maximum Gasteiger partial charge on any atom is 0.142 e. The van der Waals surface area contributed by atoms with Gasteiger partial charge < -0.3 is 10.4 Å². The summed E-state index contributed by atoms with van der Waals surface area (Å²) < 4.78 is 0. The second kappa shape index (κ2) is 4.95. The van der Waals surface area contributed by atoms with E-state index in [4.69, 9.17) is 5.26 Å². The van der Waals surface area contributed by atoms with E-state index in [1.807, 2.05) is 12.1 Å². The lowest BCUT2D eigenvalue weighted by molar-refractivity contribution is 0.222. The first-order valence-electron chi connectivity index (χ1n) is 5.57. The van der Waals surface area contributed by atoms with Gasteiger partial charge in [0, 0.05) is 30.5 Å². The van der Waals surface area contributed by atoms with Crippen molar-refractivity contribution >= 4 is 5.69 Å². The van der Waals surface area contributed by atoms with Crippen LogP contribution in [0.5, 0.6) is 0 Å². The molecule has 0 bridgehead atoms. The van der Waals surface area contributed by atoms with Crippen molar-refractivity contribution < 1.29 is 5.11 Å². The van der Waals surface area contributed by atoms with Crippen molar-refractivity contribution in [1.82, 2.24) is 4.98 Å². The van der Waals surface area contributed by atoms with Crippen LogP contribution in [-0.2, 0) is 0 Å². The van der Waals surface area contributed by atoms with E-state index in [0.29, 0.717) is 17.7 Å².